The number of pyridine rings is 8. The van der Waals surface area contributed by atoms with Crippen LogP contribution in [-0.2, 0) is 26.4 Å². The van der Waals surface area contributed by atoms with E-state index in [2.05, 4.69) is 61.1 Å². The van der Waals surface area contributed by atoms with Gasteiger partial charge in [0, 0.05) is 251 Å². The standard InChI is InChI=1S/2C22H26N4O2.C21H25N5O2.C20H24N6O2.6ClH.2K.2Os/c2*27-21(25-11-3-1-4-12-25)17-7-9-23-19(15-17)20-16-18(8-10-24-20)22(28)26-13-5-2-6-14-26;27-20(15-1-5-22-6-2-15)16-3-7-24-18(13-16)19-14-17(4-8-25-19)21(28)26-11-9-23-10-12-26;27-19(25-9-5-21-6-10-25)15-1-3-23-17(13-15)18-14-16(2-4-24-18)20(28)26-11-7-22-8-12-26;;;;;;;;;;/h2*7-10,15-16H,1-6,11-14H2;3-4,7-8,13-15,22-23H,1-2,5-6,9-12H2;1-4,13-14,21-22H,5-12H2;6*1H;;;;/q;;;;;;;;;;;;;+6/p-6. The summed E-state index contributed by atoms with van der Waals surface area (Å²) >= 11 is 2.50. The minimum absolute atomic E-state index is 0. The first kappa shape index (κ1) is 99.4. The van der Waals surface area contributed by atoms with E-state index in [0.717, 1.165) is 169 Å². The number of carbonyl (C=O) groups is 8. The van der Waals surface area contributed by atoms with Gasteiger partial charge in [-0.2, -0.15) is 0 Å². The van der Waals surface area contributed by atoms with Crippen LogP contribution in [0.15, 0.2) is 147 Å². The summed E-state index contributed by atoms with van der Waals surface area (Å²) in [6, 6.07) is 28.2. The minimum Gasteiger partial charge on any atom is 0 e. The minimum atomic E-state index is -5.38. The smallest absolute Gasteiger partial charge is 0 e. The number of piperidine rings is 5. The Morgan fingerprint density at radius 3 is 0.607 bits per heavy atom. The molecule has 644 valence electrons. The fourth-order valence-corrected chi connectivity index (χ4v) is 15.2. The number of aromatic nitrogens is 8. The van der Waals surface area contributed by atoms with E-state index in [9.17, 15) is 38.4 Å². The number of halogens is 6. The molecule has 0 bridgehead atoms. The molecule has 0 radical (unpaired) electrons. The molecule has 8 aromatic heterocycles. The maximum Gasteiger partial charge on any atom is 0 e. The van der Waals surface area contributed by atoms with Gasteiger partial charge in [-0.3, -0.25) is 78.2 Å². The Labute approximate surface area is 794 Å². The summed E-state index contributed by atoms with van der Waals surface area (Å²) < 4.78 is 0. The summed E-state index contributed by atoms with van der Waals surface area (Å²) in [5, 5.41) is 13.0. The zero-order valence-electron chi connectivity index (χ0n) is 68.8. The molecule has 8 aromatic rings. The topological polar surface area (TPSA) is 310 Å². The molecule has 0 atom stereocenters. The van der Waals surface area contributed by atoms with Crippen molar-refractivity contribution in [3.8, 4) is 45.6 Å². The monoisotopic (exact) mass is 2190 g/mol. The van der Waals surface area contributed by atoms with E-state index >= 15 is 0 Å². The van der Waals surface area contributed by atoms with Crippen LogP contribution in [-0.4, -0.2) is 328 Å². The van der Waals surface area contributed by atoms with Gasteiger partial charge in [0.1, 0.15) is 0 Å². The van der Waals surface area contributed by atoms with Gasteiger partial charge < -0.3 is 55.6 Å². The number of carbonyl (C=O) groups excluding carboxylic acids is 8. The summed E-state index contributed by atoms with van der Waals surface area (Å²) in [5.74, 6) is 0.410. The fourth-order valence-electron chi connectivity index (χ4n) is 15.2. The molecule has 27 nitrogen and oxygen atoms in total. The second-order valence-electron chi connectivity index (χ2n) is 30.1. The van der Waals surface area contributed by atoms with Crippen LogP contribution in [0.5, 0.6) is 0 Å². The SMILES string of the molecule is O=C(c1ccnc(-c2cc(C(=O)N3CCCCC3)ccn2)c1)N1CCCCC1.O=C(c1ccnc(-c2cc(C(=O)N3CCCCC3)ccn2)c1)N1CCCCC1.O=C(c1ccnc(-c2cc(C(=O)N3CCNCC3)ccn2)c1)C1CCNCC1.O=C(c1ccnc(-c2cc(C(=O)N3CCNCC3)ccn2)c1)N1CCNCC1.[Cl][Os]([Cl])([Cl])([Cl])([Cl])[Cl].[K][K].[Os]. The largest absolute Gasteiger partial charge is 0 e. The maximum atomic E-state index is 12.8. The molecule has 0 saturated carbocycles. The molecule has 8 aliphatic rings. The number of ketones is 1. The molecule has 0 spiro atoms. The molecule has 0 aromatic carbocycles. The zero-order chi connectivity index (χ0) is 85.8. The summed E-state index contributed by atoms with van der Waals surface area (Å²) in [5.41, 5.74) is 9.86. The summed E-state index contributed by atoms with van der Waals surface area (Å²) in [6.45, 7) is 11.9. The van der Waals surface area contributed by atoms with Crippen LogP contribution in [0.2, 0.25) is 0 Å². The third-order valence-electron chi connectivity index (χ3n) is 21.6. The maximum absolute atomic E-state index is 12.8. The van der Waals surface area contributed by atoms with Gasteiger partial charge in [-0.15, -0.1) is 0 Å². The number of amides is 7. The van der Waals surface area contributed by atoms with E-state index in [0.29, 0.717) is 129 Å². The third-order valence-corrected chi connectivity index (χ3v) is 21.6. The Kier molecular flexibility index (Phi) is 39.6. The molecule has 16 rings (SSSR count). The Hall–Kier alpha value is -4.71. The molecule has 8 fully saturated rings. The van der Waals surface area contributed by atoms with E-state index in [4.69, 9.17) is 57.8 Å². The number of likely N-dealkylation sites (tertiary alicyclic amines) is 4. The van der Waals surface area contributed by atoms with Crippen molar-refractivity contribution >= 4 is 168 Å². The van der Waals surface area contributed by atoms with Crippen molar-refractivity contribution in [2.75, 3.05) is 144 Å². The van der Waals surface area contributed by atoms with Crippen molar-refractivity contribution in [2.24, 2.45) is 5.92 Å². The molecule has 8 aliphatic heterocycles. The summed E-state index contributed by atoms with van der Waals surface area (Å²) in [7, 11) is 30.4. The van der Waals surface area contributed by atoms with Crippen molar-refractivity contribution < 1.29 is 64.8 Å². The summed E-state index contributed by atoms with van der Waals surface area (Å²) in [6.07, 6.45) is 28.1. The number of nitrogens with one attached hydrogen (secondary N) is 4. The molecule has 7 amide bonds. The predicted molar refractivity (Wildman–Crippen MR) is 472 cm³/mol. The number of nitrogens with zero attached hydrogens (tertiary/aromatic N) is 15. The average molecular weight is 2190 g/mol. The van der Waals surface area contributed by atoms with Gasteiger partial charge in [0.25, 0.3) is 41.4 Å². The fraction of sp³-hybridized carbons (Fsp3) is 0.435. The Morgan fingerprint density at radius 2 is 0.418 bits per heavy atom. The van der Waals surface area contributed by atoms with Crippen LogP contribution in [0.25, 0.3) is 45.6 Å². The first-order chi connectivity index (χ1) is 58.3. The second-order valence-corrected chi connectivity index (χ2v) is 85.2. The molecule has 122 heavy (non-hydrogen) atoms. The second kappa shape index (κ2) is 48.6. The van der Waals surface area contributed by atoms with E-state index in [1.165, 1.54) is 88.8 Å². The molecule has 0 unspecified atom stereocenters. The van der Waals surface area contributed by atoms with Gasteiger partial charge in [0.05, 0.1) is 45.6 Å². The van der Waals surface area contributed by atoms with Gasteiger partial charge in [-0.1, -0.05) is 0 Å². The van der Waals surface area contributed by atoms with Crippen molar-refractivity contribution in [2.45, 2.75) is 89.9 Å². The molecule has 4 N–H and O–H groups in total. The first-order valence-corrected chi connectivity index (χ1v) is 76.7. The van der Waals surface area contributed by atoms with Crippen molar-refractivity contribution in [3.05, 3.63) is 191 Å². The number of Topliss-reactive ketones (excluding diaryl/α,β-unsaturated/α-hetero) is 1. The molecular formula is C85H101Cl6K2N19O8Os2. The average Bonchev–Trinajstić information content (AvgIpc) is 0.792. The number of piperazine rings is 3. The van der Waals surface area contributed by atoms with Crippen LogP contribution >= 0.6 is 57.8 Å². The number of hydrogen-bond donors (Lipinski definition) is 4. The van der Waals surface area contributed by atoms with Gasteiger partial charge in [0.2, 0.25) is 0 Å². The molecule has 16 heterocycles. The number of rotatable bonds is 13. The van der Waals surface area contributed by atoms with Crippen molar-refractivity contribution in [1.82, 2.24) is 95.4 Å². The van der Waals surface area contributed by atoms with Crippen LogP contribution in [0.3, 0.4) is 0 Å². The van der Waals surface area contributed by atoms with Crippen LogP contribution < -0.4 is 21.3 Å². The van der Waals surface area contributed by atoms with Crippen LogP contribution in [0, 0.1) is 5.92 Å². The molecule has 37 heteroatoms. The van der Waals surface area contributed by atoms with E-state index in [-0.39, 0.29) is 72.8 Å². The van der Waals surface area contributed by atoms with Crippen molar-refractivity contribution in [1.29, 1.82) is 0 Å². The van der Waals surface area contributed by atoms with Gasteiger partial charge in [-0.05, 0) is 200 Å². The number of hydrogen-bond acceptors (Lipinski definition) is 20. The van der Waals surface area contributed by atoms with Gasteiger partial charge >= 0.3 is 128 Å². The molecule has 8 saturated heterocycles. The third kappa shape index (κ3) is 31.3. The van der Waals surface area contributed by atoms with Crippen LogP contribution in [0.1, 0.15) is 173 Å². The zero-order valence-corrected chi connectivity index (χ0v) is 84.7. The molecule has 0 aliphatic carbocycles. The van der Waals surface area contributed by atoms with Gasteiger partial charge in [-0.25, -0.2) is 0 Å². The Bertz CT molecular complexity index is 4010. The Morgan fingerprint density at radius 1 is 0.262 bits per heavy atom. The van der Waals surface area contributed by atoms with E-state index in [1.54, 1.807) is 147 Å². The first-order valence-electron chi connectivity index (χ1n) is 41.8. The normalized spacial score (nSPS) is 17.5. The van der Waals surface area contributed by atoms with Gasteiger partial charge in [0.15, 0.2) is 5.78 Å². The van der Waals surface area contributed by atoms with Crippen molar-refractivity contribution in [3.63, 3.8) is 0 Å². The van der Waals surface area contributed by atoms with E-state index < -0.39 is 6.64 Å². The predicted octanol–water partition coefficient (Wildman–Crippen LogP) is 11.8. The summed E-state index contributed by atoms with van der Waals surface area (Å²) in [4.78, 5) is 150. The quantitative estimate of drug-likeness (QED) is 0.0615. The van der Waals surface area contributed by atoms with Crippen LogP contribution in [0.4, 0.5) is 0 Å². The Balaban J connectivity index is 0.000000164. The van der Waals surface area contributed by atoms with E-state index in [1.807, 2.05) is 34.3 Å². The molecular weight excluding hydrogens is 2090 g/mol.